The van der Waals surface area contributed by atoms with Crippen molar-refractivity contribution in [2.24, 2.45) is 5.92 Å². The first kappa shape index (κ1) is 19.3. The van der Waals surface area contributed by atoms with Gasteiger partial charge in [-0.25, -0.2) is 0 Å². The van der Waals surface area contributed by atoms with Gasteiger partial charge < -0.3 is 14.6 Å². The van der Waals surface area contributed by atoms with E-state index in [2.05, 4.69) is 12.1 Å². The van der Waals surface area contributed by atoms with Gasteiger partial charge in [-0.1, -0.05) is 44.0 Å². The predicted molar refractivity (Wildman–Crippen MR) is 106 cm³/mol. The highest BCUT2D eigenvalue weighted by molar-refractivity contribution is 5.69. The summed E-state index contributed by atoms with van der Waals surface area (Å²) in [5, 5.41) is 9.03. The summed E-state index contributed by atoms with van der Waals surface area (Å²) in [6.45, 7) is 2.63. The van der Waals surface area contributed by atoms with Crippen molar-refractivity contribution in [3.05, 3.63) is 59.7 Å². The molecule has 1 fully saturated rings. The van der Waals surface area contributed by atoms with E-state index in [0.29, 0.717) is 19.6 Å². The average Bonchev–Trinajstić information content (AvgIpc) is 3.21. The lowest BCUT2D eigenvalue weighted by Gasteiger charge is -2.12. The fourth-order valence-electron chi connectivity index (χ4n) is 3.62. The molecule has 1 saturated carbocycles. The van der Waals surface area contributed by atoms with Crippen LogP contribution in [0, 0.1) is 5.92 Å². The van der Waals surface area contributed by atoms with Gasteiger partial charge in [-0.2, -0.15) is 0 Å². The molecule has 2 aromatic rings. The van der Waals surface area contributed by atoms with Crippen molar-refractivity contribution in [3.8, 4) is 11.5 Å². The van der Waals surface area contributed by atoms with E-state index in [1.165, 1.54) is 31.2 Å². The SMILES string of the molecule is CC(Cc1cccc(OCCOc2ccc(C3CCCC3)cc2)c1)C(=O)O. The van der Waals surface area contributed by atoms with E-state index >= 15 is 0 Å². The molecular formula is C23H28O4. The number of ether oxygens (including phenoxy) is 2. The number of carbonyl (C=O) groups is 1. The van der Waals surface area contributed by atoms with Crippen LogP contribution in [-0.4, -0.2) is 24.3 Å². The van der Waals surface area contributed by atoms with Crippen molar-refractivity contribution in [2.45, 2.75) is 44.9 Å². The minimum atomic E-state index is -0.784. The summed E-state index contributed by atoms with van der Waals surface area (Å²) in [4.78, 5) is 11.0. The van der Waals surface area contributed by atoms with E-state index in [-0.39, 0.29) is 0 Å². The zero-order chi connectivity index (χ0) is 19.1. The van der Waals surface area contributed by atoms with Gasteiger partial charge in [0.25, 0.3) is 0 Å². The van der Waals surface area contributed by atoms with Crippen LogP contribution >= 0.6 is 0 Å². The number of rotatable bonds is 9. The maximum atomic E-state index is 11.0. The second-order valence-corrected chi connectivity index (χ2v) is 7.34. The molecule has 144 valence electrons. The third kappa shape index (κ3) is 5.75. The largest absolute Gasteiger partial charge is 0.490 e. The zero-order valence-corrected chi connectivity index (χ0v) is 15.9. The maximum absolute atomic E-state index is 11.0. The highest BCUT2D eigenvalue weighted by atomic mass is 16.5. The Balaban J connectivity index is 1.42. The summed E-state index contributed by atoms with van der Waals surface area (Å²) in [5.74, 6) is 1.14. The van der Waals surface area contributed by atoms with E-state index in [0.717, 1.165) is 23.0 Å². The fourth-order valence-corrected chi connectivity index (χ4v) is 3.62. The zero-order valence-electron chi connectivity index (χ0n) is 15.9. The molecule has 1 aliphatic carbocycles. The summed E-state index contributed by atoms with van der Waals surface area (Å²) in [6.07, 6.45) is 5.79. The molecule has 1 N–H and O–H groups in total. The molecule has 3 rings (SSSR count). The molecule has 0 radical (unpaired) electrons. The molecule has 0 aromatic heterocycles. The maximum Gasteiger partial charge on any atom is 0.306 e. The number of benzene rings is 2. The van der Waals surface area contributed by atoms with Gasteiger partial charge in [-0.3, -0.25) is 4.79 Å². The van der Waals surface area contributed by atoms with Crippen LogP contribution in [-0.2, 0) is 11.2 Å². The van der Waals surface area contributed by atoms with E-state index in [1.54, 1.807) is 6.92 Å². The van der Waals surface area contributed by atoms with Crippen LogP contribution < -0.4 is 9.47 Å². The van der Waals surface area contributed by atoms with Crippen molar-refractivity contribution < 1.29 is 19.4 Å². The fraction of sp³-hybridized carbons (Fsp3) is 0.435. The average molecular weight is 368 g/mol. The number of hydrogen-bond acceptors (Lipinski definition) is 3. The first-order valence-electron chi connectivity index (χ1n) is 9.79. The first-order chi connectivity index (χ1) is 13.1. The van der Waals surface area contributed by atoms with E-state index in [9.17, 15) is 4.79 Å². The van der Waals surface area contributed by atoms with Crippen LogP contribution in [0.25, 0.3) is 0 Å². The van der Waals surface area contributed by atoms with Gasteiger partial charge in [0.2, 0.25) is 0 Å². The Morgan fingerprint density at radius 2 is 1.70 bits per heavy atom. The highest BCUT2D eigenvalue weighted by Gasteiger charge is 2.16. The van der Waals surface area contributed by atoms with E-state index < -0.39 is 11.9 Å². The van der Waals surface area contributed by atoms with Crippen LogP contribution in [0.5, 0.6) is 11.5 Å². The molecular weight excluding hydrogens is 340 g/mol. The minimum absolute atomic E-state index is 0.407. The van der Waals surface area contributed by atoms with E-state index in [4.69, 9.17) is 14.6 Å². The molecule has 4 nitrogen and oxygen atoms in total. The van der Waals surface area contributed by atoms with Gasteiger partial charge in [0.1, 0.15) is 24.7 Å². The quantitative estimate of drug-likeness (QED) is 0.628. The summed E-state index contributed by atoms with van der Waals surface area (Å²) < 4.78 is 11.5. The van der Waals surface area contributed by atoms with Gasteiger partial charge in [-0.15, -0.1) is 0 Å². The van der Waals surface area contributed by atoms with Crippen LogP contribution in [0.2, 0.25) is 0 Å². The second kappa shape index (κ2) is 9.45. The lowest BCUT2D eigenvalue weighted by Crippen LogP contribution is -2.12. The lowest BCUT2D eigenvalue weighted by atomic mass is 9.98. The monoisotopic (exact) mass is 368 g/mol. The van der Waals surface area contributed by atoms with Gasteiger partial charge in [0.05, 0.1) is 5.92 Å². The summed E-state index contributed by atoms with van der Waals surface area (Å²) >= 11 is 0. The predicted octanol–water partition coefficient (Wildman–Crippen LogP) is 5.07. The van der Waals surface area contributed by atoms with Crippen molar-refractivity contribution in [1.29, 1.82) is 0 Å². The van der Waals surface area contributed by atoms with Crippen molar-refractivity contribution >= 4 is 5.97 Å². The standard InChI is InChI=1S/C23H28O4/c1-17(23(24)25)15-18-5-4-8-22(16-18)27-14-13-26-21-11-9-20(10-12-21)19-6-2-3-7-19/h4-5,8-12,16-17,19H,2-3,6-7,13-15H2,1H3,(H,24,25). The first-order valence-corrected chi connectivity index (χ1v) is 9.79. The Kier molecular flexibility index (Phi) is 6.74. The molecule has 0 heterocycles. The summed E-state index contributed by atoms with van der Waals surface area (Å²) in [6, 6.07) is 16.0. The second-order valence-electron chi connectivity index (χ2n) is 7.34. The third-order valence-corrected chi connectivity index (χ3v) is 5.19. The Morgan fingerprint density at radius 1 is 1.04 bits per heavy atom. The summed E-state index contributed by atoms with van der Waals surface area (Å²) in [7, 11) is 0. The van der Waals surface area contributed by atoms with Crippen LogP contribution in [0.1, 0.15) is 49.7 Å². The van der Waals surface area contributed by atoms with Gasteiger partial charge in [0.15, 0.2) is 0 Å². The smallest absolute Gasteiger partial charge is 0.306 e. The van der Waals surface area contributed by atoms with Crippen molar-refractivity contribution in [1.82, 2.24) is 0 Å². The molecule has 1 unspecified atom stereocenters. The molecule has 2 aromatic carbocycles. The van der Waals surface area contributed by atoms with Crippen molar-refractivity contribution in [3.63, 3.8) is 0 Å². The number of aliphatic carboxylic acids is 1. The number of hydrogen-bond donors (Lipinski definition) is 1. The molecule has 0 aliphatic heterocycles. The number of carboxylic acids is 1. The normalized spacial score (nSPS) is 15.4. The summed E-state index contributed by atoms with van der Waals surface area (Å²) in [5.41, 5.74) is 2.38. The third-order valence-electron chi connectivity index (χ3n) is 5.19. The van der Waals surface area contributed by atoms with Gasteiger partial charge in [0, 0.05) is 0 Å². The Bertz CT molecular complexity index is 732. The Morgan fingerprint density at radius 3 is 2.37 bits per heavy atom. The minimum Gasteiger partial charge on any atom is -0.490 e. The van der Waals surface area contributed by atoms with Crippen LogP contribution in [0.3, 0.4) is 0 Å². The number of carboxylic acid groups (broad SMARTS) is 1. The molecule has 0 saturated heterocycles. The van der Waals surface area contributed by atoms with Crippen LogP contribution in [0.4, 0.5) is 0 Å². The Labute approximate surface area is 161 Å². The Hall–Kier alpha value is -2.49. The molecule has 1 aliphatic rings. The molecule has 27 heavy (non-hydrogen) atoms. The molecule has 4 heteroatoms. The molecule has 0 amide bonds. The topological polar surface area (TPSA) is 55.8 Å². The molecule has 0 spiro atoms. The highest BCUT2D eigenvalue weighted by Crippen LogP contribution is 2.34. The molecule has 0 bridgehead atoms. The molecule has 1 atom stereocenters. The van der Waals surface area contributed by atoms with Gasteiger partial charge >= 0.3 is 5.97 Å². The van der Waals surface area contributed by atoms with Crippen LogP contribution in [0.15, 0.2) is 48.5 Å². The van der Waals surface area contributed by atoms with E-state index in [1.807, 2.05) is 36.4 Å². The van der Waals surface area contributed by atoms with Crippen molar-refractivity contribution in [2.75, 3.05) is 13.2 Å². The lowest BCUT2D eigenvalue weighted by molar-refractivity contribution is -0.141. The van der Waals surface area contributed by atoms with Gasteiger partial charge in [-0.05, 0) is 60.6 Å².